The maximum absolute atomic E-state index is 5.32. The average Bonchev–Trinajstić information content (AvgIpc) is 2.94. The Morgan fingerprint density at radius 3 is 2.71 bits per heavy atom. The molecule has 4 nitrogen and oxygen atoms in total. The SMILES string of the molecule is CCc1cc(CC(NC)c2cccc(OC)c2)n(CC)n1. The van der Waals surface area contributed by atoms with Gasteiger partial charge in [0.25, 0.3) is 0 Å². The summed E-state index contributed by atoms with van der Waals surface area (Å²) in [7, 11) is 3.70. The van der Waals surface area contributed by atoms with Crippen LogP contribution in [0.5, 0.6) is 5.75 Å². The second kappa shape index (κ2) is 7.27. The Morgan fingerprint density at radius 2 is 2.10 bits per heavy atom. The molecule has 0 saturated carbocycles. The van der Waals surface area contributed by atoms with Crippen LogP contribution in [0.2, 0.25) is 0 Å². The van der Waals surface area contributed by atoms with Crippen molar-refractivity contribution in [3.8, 4) is 5.75 Å². The number of benzene rings is 1. The second-order valence-electron chi connectivity index (χ2n) is 5.12. The monoisotopic (exact) mass is 287 g/mol. The number of hydrogen-bond acceptors (Lipinski definition) is 3. The van der Waals surface area contributed by atoms with E-state index in [4.69, 9.17) is 4.74 Å². The van der Waals surface area contributed by atoms with Crippen molar-refractivity contribution < 1.29 is 4.74 Å². The number of nitrogens with one attached hydrogen (secondary N) is 1. The first-order valence-corrected chi connectivity index (χ1v) is 7.58. The van der Waals surface area contributed by atoms with Crippen molar-refractivity contribution in [1.82, 2.24) is 15.1 Å². The predicted octanol–water partition coefficient (Wildman–Crippen LogP) is 2.98. The minimum absolute atomic E-state index is 0.256. The largest absolute Gasteiger partial charge is 0.497 e. The zero-order valence-electron chi connectivity index (χ0n) is 13.4. The van der Waals surface area contributed by atoms with E-state index in [-0.39, 0.29) is 6.04 Å². The molecule has 1 unspecified atom stereocenters. The van der Waals surface area contributed by atoms with Gasteiger partial charge < -0.3 is 10.1 Å². The van der Waals surface area contributed by atoms with Gasteiger partial charge in [0.15, 0.2) is 0 Å². The van der Waals surface area contributed by atoms with E-state index >= 15 is 0 Å². The lowest BCUT2D eigenvalue weighted by molar-refractivity contribution is 0.413. The summed E-state index contributed by atoms with van der Waals surface area (Å²) in [6.45, 7) is 5.18. The first kappa shape index (κ1) is 15.6. The normalized spacial score (nSPS) is 12.4. The zero-order chi connectivity index (χ0) is 15.2. The van der Waals surface area contributed by atoms with E-state index in [0.29, 0.717) is 0 Å². The van der Waals surface area contributed by atoms with Gasteiger partial charge in [0, 0.05) is 24.7 Å². The lowest BCUT2D eigenvalue weighted by Gasteiger charge is -2.18. The molecule has 2 rings (SSSR count). The van der Waals surface area contributed by atoms with Crippen LogP contribution in [0.4, 0.5) is 0 Å². The molecule has 0 amide bonds. The van der Waals surface area contributed by atoms with Gasteiger partial charge in [-0.2, -0.15) is 5.10 Å². The quantitative estimate of drug-likeness (QED) is 0.851. The van der Waals surface area contributed by atoms with Crippen molar-refractivity contribution in [2.45, 2.75) is 39.3 Å². The minimum atomic E-state index is 0.256. The third-order valence-corrected chi connectivity index (χ3v) is 3.83. The summed E-state index contributed by atoms with van der Waals surface area (Å²) in [5, 5.41) is 8.03. The van der Waals surface area contributed by atoms with Gasteiger partial charge in [0.2, 0.25) is 0 Å². The van der Waals surface area contributed by atoms with Crippen molar-refractivity contribution in [3.05, 3.63) is 47.3 Å². The van der Waals surface area contributed by atoms with Gasteiger partial charge in [0.1, 0.15) is 5.75 Å². The van der Waals surface area contributed by atoms with E-state index in [1.807, 2.05) is 19.2 Å². The summed E-state index contributed by atoms with van der Waals surface area (Å²) in [4.78, 5) is 0. The number of aromatic nitrogens is 2. The molecule has 1 aromatic heterocycles. The molecule has 21 heavy (non-hydrogen) atoms. The smallest absolute Gasteiger partial charge is 0.119 e. The van der Waals surface area contributed by atoms with Gasteiger partial charge in [-0.1, -0.05) is 19.1 Å². The molecule has 0 aliphatic heterocycles. The predicted molar refractivity (Wildman–Crippen MR) is 85.8 cm³/mol. The molecule has 0 radical (unpaired) electrons. The second-order valence-corrected chi connectivity index (χ2v) is 5.12. The number of hydrogen-bond donors (Lipinski definition) is 1. The maximum atomic E-state index is 5.32. The van der Waals surface area contributed by atoms with Crippen LogP contribution < -0.4 is 10.1 Å². The summed E-state index contributed by atoms with van der Waals surface area (Å²) in [6, 6.07) is 10.7. The first-order valence-electron chi connectivity index (χ1n) is 7.58. The fourth-order valence-electron chi connectivity index (χ4n) is 2.58. The molecule has 0 aliphatic carbocycles. The summed E-state index contributed by atoms with van der Waals surface area (Å²) >= 11 is 0. The van der Waals surface area contributed by atoms with E-state index in [1.54, 1.807) is 7.11 Å². The van der Waals surface area contributed by atoms with Crippen molar-refractivity contribution in [2.24, 2.45) is 0 Å². The molecule has 0 fully saturated rings. The lowest BCUT2D eigenvalue weighted by Crippen LogP contribution is -2.20. The van der Waals surface area contributed by atoms with Crippen LogP contribution in [0.3, 0.4) is 0 Å². The molecular formula is C17H25N3O. The Balaban J connectivity index is 2.24. The molecule has 0 saturated heterocycles. The third-order valence-electron chi connectivity index (χ3n) is 3.83. The molecule has 4 heteroatoms. The summed E-state index contributed by atoms with van der Waals surface area (Å²) in [6.07, 6.45) is 1.90. The van der Waals surface area contributed by atoms with Gasteiger partial charge in [-0.3, -0.25) is 4.68 Å². The highest BCUT2D eigenvalue weighted by Gasteiger charge is 2.14. The van der Waals surface area contributed by atoms with E-state index in [9.17, 15) is 0 Å². The van der Waals surface area contributed by atoms with Crippen LogP contribution in [0.15, 0.2) is 30.3 Å². The molecule has 1 heterocycles. The Morgan fingerprint density at radius 1 is 1.29 bits per heavy atom. The highest BCUT2D eigenvalue weighted by molar-refractivity contribution is 5.31. The molecule has 0 aliphatic rings. The number of methoxy groups -OCH3 is 1. The number of ether oxygens (including phenoxy) is 1. The van der Waals surface area contributed by atoms with Gasteiger partial charge in [-0.15, -0.1) is 0 Å². The summed E-state index contributed by atoms with van der Waals surface area (Å²) in [5.74, 6) is 0.894. The first-order chi connectivity index (χ1) is 10.2. The Hall–Kier alpha value is -1.81. The number of nitrogens with zero attached hydrogens (tertiary/aromatic N) is 2. The van der Waals surface area contributed by atoms with Crippen LogP contribution in [0.1, 0.15) is 36.8 Å². The maximum Gasteiger partial charge on any atom is 0.119 e. The van der Waals surface area contributed by atoms with Crippen molar-refractivity contribution >= 4 is 0 Å². The molecule has 1 atom stereocenters. The number of aryl methyl sites for hydroxylation is 2. The van der Waals surface area contributed by atoms with Crippen molar-refractivity contribution in [3.63, 3.8) is 0 Å². The van der Waals surface area contributed by atoms with Crippen LogP contribution >= 0.6 is 0 Å². The average molecular weight is 287 g/mol. The van der Waals surface area contributed by atoms with Crippen LogP contribution in [-0.2, 0) is 19.4 Å². The van der Waals surface area contributed by atoms with E-state index < -0.39 is 0 Å². The standard InChI is InChI=1S/C17H25N3O/c1-5-14-11-15(20(6-2)19-14)12-17(18-3)13-8-7-9-16(10-13)21-4/h7-11,17-18H,5-6,12H2,1-4H3. The van der Waals surface area contributed by atoms with Crippen LogP contribution in [-0.4, -0.2) is 23.9 Å². The Labute approximate surface area is 127 Å². The van der Waals surface area contributed by atoms with E-state index in [0.717, 1.165) is 30.8 Å². The molecule has 1 aromatic carbocycles. The third kappa shape index (κ3) is 3.64. The molecule has 1 N–H and O–H groups in total. The van der Waals surface area contributed by atoms with E-state index in [1.165, 1.54) is 11.3 Å². The van der Waals surface area contributed by atoms with Crippen molar-refractivity contribution in [2.75, 3.05) is 14.2 Å². The minimum Gasteiger partial charge on any atom is -0.497 e. The lowest BCUT2D eigenvalue weighted by atomic mass is 10.0. The topological polar surface area (TPSA) is 39.1 Å². The Kier molecular flexibility index (Phi) is 5.39. The van der Waals surface area contributed by atoms with Gasteiger partial charge in [0.05, 0.1) is 12.8 Å². The summed E-state index contributed by atoms with van der Waals surface area (Å²) < 4.78 is 7.42. The molecule has 2 aromatic rings. The highest BCUT2D eigenvalue weighted by Crippen LogP contribution is 2.22. The molecule has 114 valence electrons. The van der Waals surface area contributed by atoms with Crippen LogP contribution in [0, 0.1) is 0 Å². The fraction of sp³-hybridized carbons (Fsp3) is 0.471. The highest BCUT2D eigenvalue weighted by atomic mass is 16.5. The van der Waals surface area contributed by atoms with Gasteiger partial charge in [-0.25, -0.2) is 0 Å². The number of rotatable bonds is 7. The molecule has 0 spiro atoms. The van der Waals surface area contributed by atoms with Gasteiger partial charge >= 0.3 is 0 Å². The Bertz CT molecular complexity index is 577. The summed E-state index contributed by atoms with van der Waals surface area (Å²) in [5.41, 5.74) is 3.67. The molecule has 0 bridgehead atoms. The fourth-order valence-corrected chi connectivity index (χ4v) is 2.58. The van der Waals surface area contributed by atoms with Crippen LogP contribution in [0.25, 0.3) is 0 Å². The molecular weight excluding hydrogens is 262 g/mol. The number of likely N-dealkylation sites (N-methyl/N-ethyl adjacent to an activating group) is 1. The van der Waals surface area contributed by atoms with Gasteiger partial charge in [-0.05, 0) is 44.2 Å². The van der Waals surface area contributed by atoms with Crippen molar-refractivity contribution in [1.29, 1.82) is 0 Å². The van der Waals surface area contributed by atoms with E-state index in [2.05, 4.69) is 47.1 Å². The zero-order valence-corrected chi connectivity index (χ0v) is 13.4.